The molecular formula is C14H21N4O4+. The fraction of sp³-hybridized carbons (Fsp3) is 0.643. The Bertz CT molecular complexity index is 570. The minimum Gasteiger partial charge on any atom is -0.326 e. The molecule has 2 rings (SSSR count). The molecule has 8 nitrogen and oxygen atoms in total. The van der Waals surface area contributed by atoms with Crippen molar-refractivity contribution in [3.63, 3.8) is 0 Å². The largest absolute Gasteiger partial charge is 0.326 e. The number of likely N-dealkylation sites (tertiary alicyclic amines) is 1. The highest BCUT2D eigenvalue weighted by Gasteiger charge is 2.25. The molecule has 0 spiro atoms. The van der Waals surface area contributed by atoms with E-state index in [1.807, 2.05) is 0 Å². The predicted molar refractivity (Wildman–Crippen MR) is 80.5 cm³/mol. The van der Waals surface area contributed by atoms with Gasteiger partial charge in [0.2, 0.25) is 0 Å². The van der Waals surface area contributed by atoms with E-state index in [0.29, 0.717) is 12.1 Å². The monoisotopic (exact) mass is 309 g/mol. The van der Waals surface area contributed by atoms with Crippen molar-refractivity contribution in [1.29, 1.82) is 0 Å². The molecule has 1 aromatic rings. The van der Waals surface area contributed by atoms with E-state index in [-0.39, 0.29) is 11.4 Å². The maximum absolute atomic E-state index is 11.1. The van der Waals surface area contributed by atoms with Crippen molar-refractivity contribution in [3.05, 3.63) is 38.2 Å². The second-order valence-corrected chi connectivity index (χ2v) is 6.13. The molecule has 2 heterocycles. The zero-order chi connectivity index (χ0) is 16.2. The first-order chi connectivity index (χ1) is 10.4. The highest BCUT2D eigenvalue weighted by molar-refractivity contribution is 5.44. The minimum atomic E-state index is -0.663. The minimum absolute atomic E-state index is 0.254. The molecule has 1 fully saturated rings. The molecule has 0 unspecified atom stereocenters. The van der Waals surface area contributed by atoms with Crippen LogP contribution in [0.1, 0.15) is 31.4 Å². The predicted octanol–water partition coefficient (Wildman–Crippen LogP) is 2.46. The number of aryl methyl sites for hydroxylation is 1. The van der Waals surface area contributed by atoms with Crippen LogP contribution < -0.4 is 0 Å². The number of piperidine rings is 1. The van der Waals surface area contributed by atoms with E-state index in [1.54, 1.807) is 0 Å². The summed E-state index contributed by atoms with van der Waals surface area (Å²) in [5, 5.41) is 21.8. The van der Waals surface area contributed by atoms with Crippen LogP contribution in [0.15, 0.2) is 12.3 Å². The number of rotatable bonds is 6. The first kappa shape index (κ1) is 16.3. The summed E-state index contributed by atoms with van der Waals surface area (Å²) in [7, 11) is 2.22. The number of hydrogen-bond acceptors (Lipinski definition) is 5. The van der Waals surface area contributed by atoms with Crippen molar-refractivity contribution in [2.75, 3.05) is 26.7 Å². The summed E-state index contributed by atoms with van der Waals surface area (Å²) in [5.41, 5.74) is -0.264. The Balaban J connectivity index is 2.02. The Kier molecular flexibility index (Phi) is 5.02. The van der Waals surface area contributed by atoms with Crippen LogP contribution >= 0.6 is 0 Å². The Morgan fingerprint density at radius 1 is 1.18 bits per heavy atom. The molecule has 0 atom stereocenters. The molecule has 8 heteroatoms. The van der Waals surface area contributed by atoms with Crippen molar-refractivity contribution in [2.24, 2.45) is 0 Å². The van der Waals surface area contributed by atoms with E-state index in [2.05, 4.69) is 12.0 Å². The Morgan fingerprint density at radius 2 is 1.86 bits per heavy atom. The second-order valence-electron chi connectivity index (χ2n) is 6.13. The van der Waals surface area contributed by atoms with Gasteiger partial charge in [-0.3, -0.25) is 20.2 Å². The third kappa shape index (κ3) is 3.97. The maximum Gasteiger partial charge on any atom is 0.297 e. The van der Waals surface area contributed by atoms with E-state index >= 15 is 0 Å². The van der Waals surface area contributed by atoms with Crippen molar-refractivity contribution >= 4 is 11.4 Å². The number of aromatic nitrogens is 1. The zero-order valence-corrected chi connectivity index (χ0v) is 12.7. The van der Waals surface area contributed by atoms with Crippen LogP contribution in [-0.2, 0) is 6.42 Å². The van der Waals surface area contributed by atoms with E-state index in [0.717, 1.165) is 42.8 Å². The van der Waals surface area contributed by atoms with Gasteiger partial charge < -0.3 is 4.48 Å². The topological polar surface area (TPSA) is 99.2 Å². The van der Waals surface area contributed by atoms with Gasteiger partial charge in [-0.05, 0) is 19.3 Å². The molecular weight excluding hydrogens is 288 g/mol. The Hall–Kier alpha value is -2.09. The van der Waals surface area contributed by atoms with Crippen LogP contribution in [0.5, 0.6) is 0 Å². The normalized spacial score (nSPS) is 17.1. The quantitative estimate of drug-likeness (QED) is 0.456. The molecule has 0 aliphatic carbocycles. The summed E-state index contributed by atoms with van der Waals surface area (Å²) in [6.45, 7) is 3.25. The van der Waals surface area contributed by atoms with Gasteiger partial charge in [-0.1, -0.05) is 0 Å². The molecule has 0 N–H and O–H groups in total. The Labute approximate surface area is 128 Å². The lowest BCUT2D eigenvalue weighted by atomic mass is 10.1. The summed E-state index contributed by atoms with van der Waals surface area (Å²) in [6.07, 6.45) is 6.10. The van der Waals surface area contributed by atoms with Crippen molar-refractivity contribution in [3.8, 4) is 0 Å². The van der Waals surface area contributed by atoms with Crippen molar-refractivity contribution in [2.45, 2.75) is 32.1 Å². The van der Waals surface area contributed by atoms with Gasteiger partial charge in [0.25, 0.3) is 11.4 Å². The number of quaternary nitrogens is 1. The van der Waals surface area contributed by atoms with E-state index in [9.17, 15) is 20.2 Å². The Morgan fingerprint density at radius 3 is 2.45 bits per heavy atom. The lowest BCUT2D eigenvalue weighted by molar-refractivity contribution is -0.914. The summed E-state index contributed by atoms with van der Waals surface area (Å²) in [4.78, 5) is 24.4. The smallest absolute Gasteiger partial charge is 0.297 e. The summed E-state index contributed by atoms with van der Waals surface area (Å²) < 4.78 is 1.00. The molecule has 22 heavy (non-hydrogen) atoms. The second kappa shape index (κ2) is 6.78. The van der Waals surface area contributed by atoms with Crippen LogP contribution in [0.3, 0.4) is 0 Å². The number of nitrogens with zero attached hydrogens (tertiary/aromatic N) is 4. The molecule has 0 amide bonds. The standard InChI is InChI=1S/C14H21N4O4/c1-18(7-3-2-4-8-18)9-5-6-13-14(17(21)22)10-12(11-15-13)16(19)20/h10-11H,2-9H2,1H3/q+1. The molecule has 0 bridgehead atoms. The summed E-state index contributed by atoms with van der Waals surface area (Å²) >= 11 is 0. The van der Waals surface area contributed by atoms with Gasteiger partial charge in [0.1, 0.15) is 11.9 Å². The van der Waals surface area contributed by atoms with E-state index < -0.39 is 9.85 Å². The third-order valence-corrected chi connectivity index (χ3v) is 4.35. The maximum atomic E-state index is 11.1. The van der Waals surface area contributed by atoms with Crippen LogP contribution in [-0.4, -0.2) is 46.0 Å². The summed E-state index contributed by atoms with van der Waals surface area (Å²) in [5.74, 6) is 0. The third-order valence-electron chi connectivity index (χ3n) is 4.35. The van der Waals surface area contributed by atoms with Crippen molar-refractivity contribution in [1.82, 2.24) is 4.98 Å². The molecule has 0 aromatic carbocycles. The lowest BCUT2D eigenvalue weighted by Gasteiger charge is -2.37. The van der Waals surface area contributed by atoms with Gasteiger partial charge in [-0.15, -0.1) is 0 Å². The van der Waals surface area contributed by atoms with Crippen LogP contribution in [0.2, 0.25) is 0 Å². The van der Waals surface area contributed by atoms with Gasteiger partial charge in [-0.2, -0.15) is 0 Å². The number of hydrogen-bond donors (Lipinski definition) is 0. The van der Waals surface area contributed by atoms with Crippen molar-refractivity contribution < 1.29 is 14.3 Å². The number of pyridine rings is 1. The molecule has 1 aromatic heterocycles. The first-order valence-electron chi connectivity index (χ1n) is 7.52. The van der Waals surface area contributed by atoms with Crippen LogP contribution in [0.4, 0.5) is 11.4 Å². The van der Waals surface area contributed by atoms with Gasteiger partial charge in [0.05, 0.1) is 42.6 Å². The first-order valence-corrected chi connectivity index (χ1v) is 7.52. The average molecular weight is 309 g/mol. The fourth-order valence-corrected chi connectivity index (χ4v) is 3.05. The van der Waals surface area contributed by atoms with E-state index in [1.165, 1.54) is 19.3 Å². The highest BCUT2D eigenvalue weighted by Crippen LogP contribution is 2.24. The molecule has 0 saturated carbocycles. The highest BCUT2D eigenvalue weighted by atomic mass is 16.6. The molecule has 1 aliphatic rings. The molecule has 1 aliphatic heterocycles. The fourth-order valence-electron chi connectivity index (χ4n) is 3.05. The lowest BCUT2D eigenvalue weighted by Crippen LogP contribution is -2.48. The average Bonchev–Trinajstić information content (AvgIpc) is 2.47. The van der Waals surface area contributed by atoms with Gasteiger partial charge in [0, 0.05) is 12.8 Å². The van der Waals surface area contributed by atoms with Crippen LogP contribution in [0.25, 0.3) is 0 Å². The molecule has 1 saturated heterocycles. The molecule has 120 valence electrons. The number of nitro groups is 2. The molecule has 0 radical (unpaired) electrons. The van der Waals surface area contributed by atoms with Gasteiger partial charge in [0.15, 0.2) is 0 Å². The van der Waals surface area contributed by atoms with Crippen LogP contribution in [0, 0.1) is 20.2 Å². The van der Waals surface area contributed by atoms with E-state index in [4.69, 9.17) is 0 Å². The summed E-state index contributed by atoms with van der Waals surface area (Å²) in [6, 6.07) is 1.000. The van der Waals surface area contributed by atoms with Gasteiger partial charge >= 0.3 is 0 Å². The van der Waals surface area contributed by atoms with Gasteiger partial charge in [-0.25, -0.2) is 4.98 Å². The zero-order valence-electron chi connectivity index (χ0n) is 12.7. The SMILES string of the molecule is C[N+]1(CCCc2ncc([N+](=O)[O-])cc2[N+](=O)[O-])CCCCC1.